The summed E-state index contributed by atoms with van der Waals surface area (Å²) in [6.07, 6.45) is 12.9. The molecule has 3 aliphatic rings. The first-order chi connectivity index (χ1) is 13.6. The minimum Gasteiger partial charge on any atom is -0.350 e. The maximum absolute atomic E-state index is 13.0. The van der Waals surface area contributed by atoms with E-state index in [-0.39, 0.29) is 11.4 Å². The molecular formula is C22H37N5O. The fraction of sp³-hybridized carbons (Fsp3) is 0.818. The second kappa shape index (κ2) is 8.54. The Hall–Kier alpha value is -1.40. The molecule has 0 bridgehead atoms. The Kier molecular flexibility index (Phi) is 6.07. The van der Waals surface area contributed by atoms with Gasteiger partial charge in [0.05, 0.1) is 17.8 Å². The molecule has 1 aliphatic carbocycles. The molecule has 6 heteroatoms. The maximum atomic E-state index is 13.0. The topological polar surface area (TPSA) is 53.4 Å². The van der Waals surface area contributed by atoms with Crippen molar-refractivity contribution in [3.63, 3.8) is 0 Å². The zero-order chi connectivity index (χ0) is 19.6. The summed E-state index contributed by atoms with van der Waals surface area (Å²) in [6, 6.07) is 0.482. The molecule has 4 rings (SSSR count). The molecular weight excluding hydrogens is 350 g/mol. The van der Waals surface area contributed by atoms with Gasteiger partial charge in [-0.25, -0.2) is 0 Å². The quantitative estimate of drug-likeness (QED) is 0.844. The Morgan fingerprint density at radius 2 is 1.79 bits per heavy atom. The fourth-order valence-electron chi connectivity index (χ4n) is 5.51. The summed E-state index contributed by atoms with van der Waals surface area (Å²) in [7, 11) is 2.21. The number of carbonyl (C=O) groups excluding carboxylic acids is 1. The van der Waals surface area contributed by atoms with Gasteiger partial charge in [-0.3, -0.25) is 14.4 Å². The van der Waals surface area contributed by atoms with Crippen molar-refractivity contribution < 1.29 is 4.79 Å². The van der Waals surface area contributed by atoms with Gasteiger partial charge in [0.1, 0.15) is 0 Å². The van der Waals surface area contributed by atoms with E-state index in [1.807, 2.05) is 0 Å². The van der Waals surface area contributed by atoms with E-state index in [2.05, 4.69) is 38.9 Å². The maximum Gasteiger partial charge on any atom is 0.254 e. The molecule has 1 amide bonds. The summed E-state index contributed by atoms with van der Waals surface area (Å²) in [6.45, 7) is 7.40. The molecule has 2 aliphatic heterocycles. The smallest absolute Gasteiger partial charge is 0.254 e. The Morgan fingerprint density at radius 3 is 2.46 bits per heavy atom. The Labute approximate surface area is 169 Å². The molecule has 3 fully saturated rings. The van der Waals surface area contributed by atoms with Gasteiger partial charge in [-0.05, 0) is 78.7 Å². The van der Waals surface area contributed by atoms with Gasteiger partial charge in [0.25, 0.3) is 5.91 Å². The second-order valence-electron chi connectivity index (χ2n) is 9.28. The average Bonchev–Trinajstić information content (AvgIpc) is 3.38. The van der Waals surface area contributed by atoms with Gasteiger partial charge in [-0.2, -0.15) is 5.10 Å². The highest BCUT2D eigenvalue weighted by molar-refractivity contribution is 5.95. The van der Waals surface area contributed by atoms with Crippen molar-refractivity contribution in [3.8, 4) is 0 Å². The third-order valence-corrected chi connectivity index (χ3v) is 7.48. The van der Waals surface area contributed by atoms with Gasteiger partial charge in [-0.15, -0.1) is 0 Å². The molecule has 0 radical (unpaired) electrons. The van der Waals surface area contributed by atoms with Crippen LogP contribution in [0, 0.1) is 6.92 Å². The lowest BCUT2D eigenvalue weighted by molar-refractivity contribution is 0.0145. The Bertz CT molecular complexity index is 664. The molecule has 156 valence electrons. The lowest BCUT2D eigenvalue weighted by atomic mass is 9.84. The van der Waals surface area contributed by atoms with E-state index in [0.717, 1.165) is 43.7 Å². The predicted molar refractivity (Wildman–Crippen MR) is 112 cm³/mol. The number of amides is 1. The first-order valence-electron chi connectivity index (χ1n) is 11.3. The molecule has 1 aromatic rings. The van der Waals surface area contributed by atoms with E-state index >= 15 is 0 Å². The molecule has 1 aromatic heterocycles. The van der Waals surface area contributed by atoms with E-state index in [4.69, 9.17) is 0 Å². The van der Waals surface area contributed by atoms with Crippen LogP contribution >= 0.6 is 0 Å². The summed E-state index contributed by atoms with van der Waals surface area (Å²) < 4.78 is 2.10. The summed E-state index contributed by atoms with van der Waals surface area (Å²) in [5.74, 6) is 0.0528. The molecule has 0 spiro atoms. The van der Waals surface area contributed by atoms with Crippen LogP contribution in [0.3, 0.4) is 0 Å². The summed E-state index contributed by atoms with van der Waals surface area (Å²) >= 11 is 0. The summed E-state index contributed by atoms with van der Waals surface area (Å²) in [5.41, 5.74) is 1.91. The third kappa shape index (κ3) is 3.99. The average molecular weight is 388 g/mol. The minimum atomic E-state index is 0.0528. The molecule has 1 saturated carbocycles. The second-order valence-corrected chi connectivity index (χ2v) is 9.28. The zero-order valence-corrected chi connectivity index (χ0v) is 17.8. The van der Waals surface area contributed by atoms with E-state index in [0.29, 0.717) is 6.04 Å². The molecule has 0 unspecified atom stereocenters. The number of likely N-dealkylation sites (tertiary alicyclic amines) is 2. The van der Waals surface area contributed by atoms with Crippen LogP contribution in [0.25, 0.3) is 0 Å². The van der Waals surface area contributed by atoms with Crippen molar-refractivity contribution in [1.82, 2.24) is 24.9 Å². The van der Waals surface area contributed by atoms with Gasteiger partial charge in [0.15, 0.2) is 0 Å². The lowest BCUT2D eigenvalue weighted by Crippen LogP contribution is -2.61. The molecule has 2 saturated heterocycles. The SMILES string of the molecule is Cc1c(C(=O)NCC2(N3CCCCC3)CCN(C)CC2)cnn1C1CCCC1. The lowest BCUT2D eigenvalue weighted by Gasteiger charge is -2.50. The van der Waals surface area contributed by atoms with Gasteiger partial charge >= 0.3 is 0 Å². The van der Waals surface area contributed by atoms with Gasteiger partial charge in [0, 0.05) is 17.8 Å². The normalized spacial score (nSPS) is 24.5. The van der Waals surface area contributed by atoms with Crippen LogP contribution < -0.4 is 5.32 Å². The molecule has 0 atom stereocenters. The number of hydrogen-bond acceptors (Lipinski definition) is 4. The largest absolute Gasteiger partial charge is 0.350 e. The summed E-state index contributed by atoms with van der Waals surface area (Å²) in [5, 5.41) is 7.88. The number of carbonyl (C=O) groups is 1. The van der Waals surface area contributed by atoms with Crippen molar-refractivity contribution in [2.45, 2.75) is 76.3 Å². The third-order valence-electron chi connectivity index (χ3n) is 7.48. The van der Waals surface area contributed by atoms with Crippen molar-refractivity contribution in [1.29, 1.82) is 0 Å². The van der Waals surface area contributed by atoms with Crippen LogP contribution in [0.15, 0.2) is 6.20 Å². The molecule has 1 N–H and O–H groups in total. The van der Waals surface area contributed by atoms with Crippen molar-refractivity contribution in [3.05, 3.63) is 17.5 Å². The van der Waals surface area contributed by atoms with Crippen LogP contribution in [-0.4, -0.2) is 70.8 Å². The van der Waals surface area contributed by atoms with Crippen LogP contribution in [0.5, 0.6) is 0 Å². The van der Waals surface area contributed by atoms with E-state index in [1.165, 1.54) is 58.0 Å². The number of nitrogens with zero attached hydrogens (tertiary/aromatic N) is 4. The molecule has 3 heterocycles. The number of nitrogens with one attached hydrogen (secondary N) is 1. The van der Waals surface area contributed by atoms with Crippen LogP contribution in [0.2, 0.25) is 0 Å². The predicted octanol–water partition coefficient (Wildman–Crippen LogP) is 2.99. The monoisotopic (exact) mass is 387 g/mol. The highest BCUT2D eigenvalue weighted by atomic mass is 16.1. The van der Waals surface area contributed by atoms with E-state index < -0.39 is 0 Å². The van der Waals surface area contributed by atoms with Crippen molar-refractivity contribution in [2.24, 2.45) is 0 Å². The fourth-order valence-corrected chi connectivity index (χ4v) is 5.51. The minimum absolute atomic E-state index is 0.0528. The van der Waals surface area contributed by atoms with Crippen LogP contribution in [0.1, 0.15) is 79.9 Å². The van der Waals surface area contributed by atoms with Gasteiger partial charge < -0.3 is 10.2 Å². The van der Waals surface area contributed by atoms with Gasteiger partial charge in [-0.1, -0.05) is 19.3 Å². The Morgan fingerprint density at radius 1 is 1.11 bits per heavy atom. The molecule has 0 aromatic carbocycles. The van der Waals surface area contributed by atoms with Gasteiger partial charge in [0.2, 0.25) is 0 Å². The highest BCUT2D eigenvalue weighted by Gasteiger charge is 2.40. The van der Waals surface area contributed by atoms with Crippen LogP contribution in [0.4, 0.5) is 0 Å². The van der Waals surface area contributed by atoms with Crippen molar-refractivity contribution in [2.75, 3.05) is 39.8 Å². The number of hydrogen-bond donors (Lipinski definition) is 1. The first kappa shape index (κ1) is 19.9. The number of piperidine rings is 2. The number of rotatable bonds is 5. The summed E-state index contributed by atoms with van der Waals surface area (Å²) in [4.78, 5) is 18.1. The highest BCUT2D eigenvalue weighted by Crippen LogP contribution is 2.32. The van der Waals surface area contributed by atoms with Crippen molar-refractivity contribution >= 4 is 5.91 Å². The van der Waals surface area contributed by atoms with E-state index in [1.54, 1.807) is 6.20 Å². The molecule has 28 heavy (non-hydrogen) atoms. The Balaban J connectivity index is 1.44. The molecule has 6 nitrogen and oxygen atoms in total. The standard InChI is InChI=1S/C22H37N5O/c1-18-20(16-24-27(18)19-8-4-5-9-19)21(28)23-17-22(10-14-25(2)15-11-22)26-12-6-3-7-13-26/h16,19H,3-15,17H2,1-2H3,(H,23,28). The zero-order valence-electron chi connectivity index (χ0n) is 17.8. The first-order valence-corrected chi connectivity index (χ1v) is 11.3. The van der Waals surface area contributed by atoms with E-state index in [9.17, 15) is 4.79 Å². The number of aromatic nitrogens is 2. The van der Waals surface area contributed by atoms with Crippen LogP contribution in [-0.2, 0) is 0 Å².